The van der Waals surface area contributed by atoms with Gasteiger partial charge in [0.2, 0.25) is 0 Å². The number of nitrogens with zero attached hydrogens (tertiary/aromatic N) is 2. The summed E-state index contributed by atoms with van der Waals surface area (Å²) >= 11 is 0. The summed E-state index contributed by atoms with van der Waals surface area (Å²) in [5, 5.41) is 7.14. The average molecular weight is 363 g/mol. The van der Waals surface area contributed by atoms with Gasteiger partial charge in [-0.1, -0.05) is 25.1 Å². The van der Waals surface area contributed by atoms with Gasteiger partial charge in [-0.05, 0) is 49.7 Å². The molecule has 0 saturated carbocycles. The Bertz CT molecular complexity index is 931. The van der Waals surface area contributed by atoms with Crippen LogP contribution in [0.1, 0.15) is 39.8 Å². The number of esters is 1. The molecule has 1 heterocycles. The van der Waals surface area contributed by atoms with E-state index in [9.17, 15) is 9.59 Å². The Labute approximate surface area is 157 Å². The van der Waals surface area contributed by atoms with E-state index in [0.29, 0.717) is 23.4 Å². The van der Waals surface area contributed by atoms with Crippen molar-refractivity contribution in [3.8, 4) is 5.69 Å². The molecule has 0 aliphatic heterocycles. The molecule has 0 spiro atoms. The van der Waals surface area contributed by atoms with Crippen LogP contribution >= 0.6 is 0 Å². The molecule has 3 aromatic rings. The van der Waals surface area contributed by atoms with Gasteiger partial charge in [0.15, 0.2) is 0 Å². The van der Waals surface area contributed by atoms with E-state index >= 15 is 0 Å². The summed E-state index contributed by atoms with van der Waals surface area (Å²) in [6.07, 6.45) is 2.32. The third kappa shape index (κ3) is 4.23. The SMILES string of the molecule is CCCOC(=O)c1ccc(NC(=O)c2cnn(-c3ccccc3)c2C)cc1. The van der Waals surface area contributed by atoms with E-state index < -0.39 is 0 Å². The van der Waals surface area contributed by atoms with Crippen LogP contribution in [0.25, 0.3) is 5.69 Å². The number of carbonyl (C=O) groups is 2. The van der Waals surface area contributed by atoms with Crippen LogP contribution in [-0.4, -0.2) is 28.3 Å². The lowest BCUT2D eigenvalue weighted by atomic mass is 10.2. The Kier molecular flexibility index (Phi) is 5.66. The third-order valence-electron chi connectivity index (χ3n) is 4.07. The van der Waals surface area contributed by atoms with E-state index in [1.807, 2.05) is 44.2 Å². The molecule has 27 heavy (non-hydrogen) atoms. The molecule has 6 heteroatoms. The van der Waals surface area contributed by atoms with Gasteiger partial charge in [-0.2, -0.15) is 5.10 Å². The fourth-order valence-electron chi connectivity index (χ4n) is 2.63. The molecule has 1 aromatic heterocycles. The second-order valence-corrected chi connectivity index (χ2v) is 6.06. The van der Waals surface area contributed by atoms with Crippen LogP contribution in [0, 0.1) is 6.92 Å². The van der Waals surface area contributed by atoms with E-state index in [0.717, 1.165) is 17.8 Å². The van der Waals surface area contributed by atoms with Crippen LogP contribution < -0.4 is 5.32 Å². The van der Waals surface area contributed by atoms with Crippen molar-refractivity contribution in [2.75, 3.05) is 11.9 Å². The van der Waals surface area contributed by atoms with E-state index in [2.05, 4.69) is 10.4 Å². The van der Waals surface area contributed by atoms with Gasteiger partial charge in [0, 0.05) is 5.69 Å². The summed E-state index contributed by atoms with van der Waals surface area (Å²) in [6.45, 7) is 4.18. The van der Waals surface area contributed by atoms with Crippen molar-refractivity contribution in [1.29, 1.82) is 0 Å². The second-order valence-electron chi connectivity index (χ2n) is 6.06. The maximum absolute atomic E-state index is 12.6. The first-order chi connectivity index (χ1) is 13.1. The monoisotopic (exact) mass is 363 g/mol. The lowest BCUT2D eigenvalue weighted by Crippen LogP contribution is -2.13. The highest BCUT2D eigenvalue weighted by Crippen LogP contribution is 2.17. The van der Waals surface area contributed by atoms with Crippen LogP contribution in [0.2, 0.25) is 0 Å². The minimum Gasteiger partial charge on any atom is -0.462 e. The predicted octanol–water partition coefficient (Wildman–Crippen LogP) is 4.00. The number of hydrogen-bond donors (Lipinski definition) is 1. The molecule has 3 rings (SSSR count). The molecule has 138 valence electrons. The first-order valence-corrected chi connectivity index (χ1v) is 8.78. The van der Waals surface area contributed by atoms with Gasteiger partial charge in [0.1, 0.15) is 0 Å². The van der Waals surface area contributed by atoms with Crippen LogP contribution in [0.5, 0.6) is 0 Å². The number of ether oxygens (including phenoxy) is 1. The summed E-state index contributed by atoms with van der Waals surface area (Å²) in [7, 11) is 0. The van der Waals surface area contributed by atoms with Gasteiger partial charge in [-0.25, -0.2) is 9.48 Å². The number of anilines is 1. The van der Waals surface area contributed by atoms with Gasteiger partial charge < -0.3 is 10.1 Å². The molecule has 1 amide bonds. The van der Waals surface area contributed by atoms with Crippen LogP contribution in [0.3, 0.4) is 0 Å². The van der Waals surface area contributed by atoms with Crippen molar-refractivity contribution in [1.82, 2.24) is 9.78 Å². The molecule has 0 fully saturated rings. The molecule has 0 unspecified atom stereocenters. The summed E-state index contributed by atoms with van der Waals surface area (Å²) in [6, 6.07) is 16.2. The van der Waals surface area contributed by atoms with Crippen molar-refractivity contribution < 1.29 is 14.3 Å². The van der Waals surface area contributed by atoms with E-state index in [1.165, 1.54) is 0 Å². The Balaban J connectivity index is 1.71. The van der Waals surface area contributed by atoms with E-state index in [4.69, 9.17) is 4.74 Å². The number of rotatable bonds is 6. The van der Waals surface area contributed by atoms with E-state index in [1.54, 1.807) is 35.1 Å². The third-order valence-corrected chi connectivity index (χ3v) is 4.07. The highest BCUT2D eigenvalue weighted by Gasteiger charge is 2.15. The molecule has 0 radical (unpaired) electrons. The summed E-state index contributed by atoms with van der Waals surface area (Å²) in [5.41, 5.74) is 3.18. The summed E-state index contributed by atoms with van der Waals surface area (Å²) < 4.78 is 6.81. The molecule has 1 N–H and O–H groups in total. The minimum absolute atomic E-state index is 0.254. The Hall–Kier alpha value is -3.41. The van der Waals surface area contributed by atoms with E-state index in [-0.39, 0.29) is 11.9 Å². The number of aromatic nitrogens is 2. The lowest BCUT2D eigenvalue weighted by Gasteiger charge is -2.07. The highest BCUT2D eigenvalue weighted by atomic mass is 16.5. The van der Waals surface area contributed by atoms with Crippen LogP contribution in [-0.2, 0) is 4.74 Å². The zero-order valence-electron chi connectivity index (χ0n) is 15.3. The van der Waals surface area contributed by atoms with Crippen molar-refractivity contribution in [3.05, 3.63) is 77.6 Å². The molecule has 0 atom stereocenters. The predicted molar refractivity (Wildman–Crippen MR) is 103 cm³/mol. The Morgan fingerprint density at radius 2 is 1.78 bits per heavy atom. The smallest absolute Gasteiger partial charge is 0.338 e. The van der Waals surface area contributed by atoms with Crippen molar-refractivity contribution >= 4 is 17.6 Å². The topological polar surface area (TPSA) is 73.2 Å². The Morgan fingerprint density at radius 1 is 1.07 bits per heavy atom. The van der Waals surface area contributed by atoms with Gasteiger partial charge >= 0.3 is 5.97 Å². The van der Waals surface area contributed by atoms with Crippen LogP contribution in [0.15, 0.2) is 60.8 Å². The summed E-state index contributed by atoms with van der Waals surface area (Å²) in [5.74, 6) is -0.620. The number of nitrogens with one attached hydrogen (secondary N) is 1. The fraction of sp³-hybridized carbons (Fsp3) is 0.190. The molecular weight excluding hydrogens is 342 g/mol. The first-order valence-electron chi connectivity index (χ1n) is 8.78. The molecular formula is C21H21N3O3. The zero-order chi connectivity index (χ0) is 19.2. The number of amides is 1. The largest absolute Gasteiger partial charge is 0.462 e. The van der Waals surface area contributed by atoms with Gasteiger partial charge in [-0.3, -0.25) is 4.79 Å². The summed E-state index contributed by atoms with van der Waals surface area (Å²) in [4.78, 5) is 24.4. The number of carbonyl (C=O) groups excluding carboxylic acids is 2. The van der Waals surface area contributed by atoms with Gasteiger partial charge in [0.25, 0.3) is 5.91 Å². The van der Waals surface area contributed by atoms with Crippen molar-refractivity contribution in [2.45, 2.75) is 20.3 Å². The maximum Gasteiger partial charge on any atom is 0.338 e. The highest BCUT2D eigenvalue weighted by molar-refractivity contribution is 6.05. The standard InChI is InChI=1S/C21H21N3O3/c1-3-13-27-21(26)16-9-11-17(12-10-16)23-20(25)19-14-22-24(15(19)2)18-7-5-4-6-8-18/h4-12,14H,3,13H2,1-2H3,(H,23,25). The van der Waals surface area contributed by atoms with Crippen molar-refractivity contribution in [3.63, 3.8) is 0 Å². The van der Waals surface area contributed by atoms with Gasteiger partial charge in [-0.15, -0.1) is 0 Å². The zero-order valence-corrected chi connectivity index (χ0v) is 15.3. The molecule has 0 saturated heterocycles. The Morgan fingerprint density at radius 3 is 2.44 bits per heavy atom. The fourth-order valence-corrected chi connectivity index (χ4v) is 2.63. The molecule has 0 aliphatic rings. The second kappa shape index (κ2) is 8.31. The molecule has 2 aromatic carbocycles. The number of hydrogen-bond acceptors (Lipinski definition) is 4. The minimum atomic E-state index is -0.366. The number of para-hydroxylation sites is 1. The lowest BCUT2D eigenvalue weighted by molar-refractivity contribution is 0.0505. The molecule has 0 bridgehead atoms. The first kappa shape index (κ1) is 18.4. The normalized spacial score (nSPS) is 10.4. The van der Waals surface area contributed by atoms with Crippen LogP contribution in [0.4, 0.5) is 5.69 Å². The quantitative estimate of drug-likeness (QED) is 0.672. The molecule has 6 nitrogen and oxygen atoms in total. The maximum atomic E-state index is 12.6. The number of benzene rings is 2. The van der Waals surface area contributed by atoms with Crippen molar-refractivity contribution in [2.24, 2.45) is 0 Å². The van der Waals surface area contributed by atoms with Gasteiger partial charge in [0.05, 0.1) is 35.3 Å². The molecule has 0 aliphatic carbocycles. The average Bonchev–Trinajstić information content (AvgIpc) is 3.09.